The van der Waals surface area contributed by atoms with E-state index in [9.17, 15) is 0 Å². The lowest BCUT2D eigenvalue weighted by Crippen LogP contribution is -2.01. The van der Waals surface area contributed by atoms with E-state index in [4.69, 9.17) is 10.5 Å². The molecule has 2 N–H and O–H groups in total. The van der Waals surface area contributed by atoms with Crippen LogP contribution in [0.4, 0.5) is 5.82 Å². The zero-order valence-corrected chi connectivity index (χ0v) is 13.0. The fourth-order valence-electron chi connectivity index (χ4n) is 2.11. The lowest BCUT2D eigenvalue weighted by molar-refractivity contribution is 0.415. The van der Waals surface area contributed by atoms with Gasteiger partial charge in [0.05, 0.1) is 17.3 Å². The van der Waals surface area contributed by atoms with Crippen molar-refractivity contribution in [3.8, 4) is 22.7 Å². The molecule has 0 aliphatic rings. The second-order valence-corrected chi connectivity index (χ2v) is 5.32. The minimum Gasteiger partial charge on any atom is -0.497 e. The number of methoxy groups -OCH3 is 1. The first-order valence-electron chi connectivity index (χ1n) is 6.44. The number of ether oxygens (including phenoxy) is 1. The summed E-state index contributed by atoms with van der Waals surface area (Å²) in [5.74, 6) is 1.39. The molecule has 21 heavy (non-hydrogen) atoms. The molecule has 5 heteroatoms. The topological polar surface area (TPSA) is 53.1 Å². The van der Waals surface area contributed by atoms with Crippen LogP contribution in [0.1, 0.15) is 0 Å². The molecule has 0 saturated carbocycles. The van der Waals surface area contributed by atoms with Crippen LogP contribution in [0.3, 0.4) is 0 Å². The van der Waals surface area contributed by atoms with Gasteiger partial charge in [-0.05, 0) is 52.3 Å². The third kappa shape index (κ3) is 2.52. The van der Waals surface area contributed by atoms with Gasteiger partial charge in [-0.1, -0.05) is 18.2 Å². The van der Waals surface area contributed by atoms with Crippen LogP contribution in [0.25, 0.3) is 16.9 Å². The van der Waals surface area contributed by atoms with Crippen molar-refractivity contribution in [2.75, 3.05) is 12.8 Å². The molecule has 0 radical (unpaired) electrons. The molecule has 1 aromatic heterocycles. The summed E-state index contributed by atoms with van der Waals surface area (Å²) in [5, 5.41) is 4.61. The second-order valence-electron chi connectivity index (χ2n) is 4.52. The zero-order valence-electron chi connectivity index (χ0n) is 11.5. The Morgan fingerprint density at radius 3 is 2.33 bits per heavy atom. The SMILES string of the molecule is COc1ccc(-c2nn(-c3ccccc3)c(N)c2Br)cc1. The molecule has 4 nitrogen and oxygen atoms in total. The van der Waals surface area contributed by atoms with E-state index in [0.717, 1.165) is 27.2 Å². The van der Waals surface area contributed by atoms with Crippen molar-refractivity contribution in [1.29, 1.82) is 0 Å². The maximum Gasteiger partial charge on any atom is 0.142 e. The standard InChI is InChI=1S/C16H14BrN3O/c1-21-13-9-7-11(8-10-13)15-14(17)16(18)20(19-15)12-5-3-2-4-6-12/h2-10H,18H2,1H3. The number of aromatic nitrogens is 2. The third-order valence-corrected chi connectivity index (χ3v) is 4.01. The summed E-state index contributed by atoms with van der Waals surface area (Å²) in [6.45, 7) is 0. The van der Waals surface area contributed by atoms with Crippen LogP contribution in [0.5, 0.6) is 5.75 Å². The highest BCUT2D eigenvalue weighted by Gasteiger charge is 2.15. The average Bonchev–Trinajstić information content (AvgIpc) is 2.84. The Bertz CT molecular complexity index is 751. The van der Waals surface area contributed by atoms with Gasteiger partial charge >= 0.3 is 0 Å². The number of benzene rings is 2. The molecule has 0 aliphatic heterocycles. The molecule has 0 amide bonds. The Kier molecular flexibility index (Phi) is 3.66. The molecule has 0 atom stereocenters. The van der Waals surface area contributed by atoms with E-state index < -0.39 is 0 Å². The summed E-state index contributed by atoms with van der Waals surface area (Å²) in [5.41, 5.74) is 8.86. The van der Waals surface area contributed by atoms with Gasteiger partial charge in [0.2, 0.25) is 0 Å². The van der Waals surface area contributed by atoms with Crippen LogP contribution in [0.15, 0.2) is 59.1 Å². The molecule has 2 aromatic carbocycles. The van der Waals surface area contributed by atoms with Gasteiger partial charge in [0.1, 0.15) is 17.3 Å². The van der Waals surface area contributed by atoms with Crippen molar-refractivity contribution < 1.29 is 4.74 Å². The summed E-state index contributed by atoms with van der Waals surface area (Å²) in [7, 11) is 1.65. The van der Waals surface area contributed by atoms with Crippen molar-refractivity contribution in [2.45, 2.75) is 0 Å². The first kappa shape index (κ1) is 13.7. The minimum absolute atomic E-state index is 0.576. The number of anilines is 1. The summed E-state index contributed by atoms with van der Waals surface area (Å²) in [4.78, 5) is 0. The van der Waals surface area contributed by atoms with E-state index in [1.807, 2.05) is 54.6 Å². The lowest BCUT2D eigenvalue weighted by atomic mass is 10.1. The number of para-hydroxylation sites is 1. The van der Waals surface area contributed by atoms with Crippen molar-refractivity contribution in [1.82, 2.24) is 9.78 Å². The van der Waals surface area contributed by atoms with Crippen LogP contribution in [0, 0.1) is 0 Å². The molecular weight excluding hydrogens is 330 g/mol. The van der Waals surface area contributed by atoms with Crippen molar-refractivity contribution in [3.63, 3.8) is 0 Å². The lowest BCUT2D eigenvalue weighted by Gasteiger charge is -2.02. The molecule has 0 spiro atoms. The van der Waals surface area contributed by atoms with Crippen LogP contribution >= 0.6 is 15.9 Å². The molecule has 0 aliphatic carbocycles. The Labute approximate surface area is 131 Å². The van der Waals surface area contributed by atoms with Gasteiger partial charge in [-0.3, -0.25) is 0 Å². The molecule has 1 heterocycles. The summed E-state index contributed by atoms with van der Waals surface area (Å²) in [6, 6.07) is 17.5. The highest BCUT2D eigenvalue weighted by atomic mass is 79.9. The van der Waals surface area contributed by atoms with Crippen LogP contribution in [0.2, 0.25) is 0 Å². The maximum absolute atomic E-state index is 6.16. The maximum atomic E-state index is 6.16. The quantitative estimate of drug-likeness (QED) is 0.784. The smallest absolute Gasteiger partial charge is 0.142 e. The van der Waals surface area contributed by atoms with E-state index in [-0.39, 0.29) is 0 Å². The minimum atomic E-state index is 0.576. The van der Waals surface area contributed by atoms with Crippen molar-refractivity contribution in [2.24, 2.45) is 0 Å². The average molecular weight is 344 g/mol. The fourth-order valence-corrected chi connectivity index (χ4v) is 2.59. The predicted molar refractivity (Wildman–Crippen MR) is 87.7 cm³/mol. The second kappa shape index (κ2) is 5.61. The molecular formula is C16H14BrN3O. The molecule has 0 saturated heterocycles. The van der Waals surface area contributed by atoms with E-state index in [0.29, 0.717) is 5.82 Å². The van der Waals surface area contributed by atoms with Gasteiger partial charge in [0.25, 0.3) is 0 Å². The number of halogens is 1. The number of hydrogen-bond acceptors (Lipinski definition) is 3. The first-order chi connectivity index (χ1) is 10.2. The largest absolute Gasteiger partial charge is 0.497 e. The zero-order chi connectivity index (χ0) is 14.8. The highest BCUT2D eigenvalue weighted by molar-refractivity contribution is 9.10. The van der Waals surface area contributed by atoms with Crippen LogP contribution < -0.4 is 10.5 Å². The van der Waals surface area contributed by atoms with Gasteiger partial charge in [0.15, 0.2) is 0 Å². The number of rotatable bonds is 3. The molecule has 0 fully saturated rings. The number of hydrogen-bond donors (Lipinski definition) is 1. The Morgan fingerprint density at radius 1 is 1.05 bits per heavy atom. The Hall–Kier alpha value is -2.27. The molecule has 0 bridgehead atoms. The molecule has 3 rings (SSSR count). The van der Waals surface area contributed by atoms with Crippen LogP contribution in [-0.4, -0.2) is 16.9 Å². The Balaban J connectivity index is 2.08. The van der Waals surface area contributed by atoms with Crippen LogP contribution in [-0.2, 0) is 0 Å². The van der Waals surface area contributed by atoms with E-state index in [1.165, 1.54) is 0 Å². The van der Waals surface area contributed by atoms with E-state index >= 15 is 0 Å². The first-order valence-corrected chi connectivity index (χ1v) is 7.24. The molecule has 3 aromatic rings. The monoisotopic (exact) mass is 343 g/mol. The predicted octanol–water partition coefficient (Wildman–Crippen LogP) is 3.89. The summed E-state index contributed by atoms with van der Waals surface area (Å²) < 4.78 is 7.69. The third-order valence-electron chi connectivity index (χ3n) is 3.23. The van der Waals surface area contributed by atoms with E-state index in [2.05, 4.69) is 21.0 Å². The van der Waals surface area contributed by atoms with Crippen molar-refractivity contribution >= 4 is 21.7 Å². The highest BCUT2D eigenvalue weighted by Crippen LogP contribution is 2.34. The summed E-state index contributed by atoms with van der Waals surface area (Å²) in [6.07, 6.45) is 0. The number of nitrogens with zero attached hydrogens (tertiary/aromatic N) is 2. The molecule has 0 unspecified atom stereocenters. The van der Waals surface area contributed by atoms with Gasteiger partial charge in [0, 0.05) is 5.56 Å². The normalized spacial score (nSPS) is 10.6. The van der Waals surface area contributed by atoms with Gasteiger partial charge in [-0.25, -0.2) is 4.68 Å². The Morgan fingerprint density at radius 2 is 1.71 bits per heavy atom. The molecule has 106 valence electrons. The number of nitrogen functional groups attached to an aromatic ring is 1. The van der Waals surface area contributed by atoms with Crippen molar-refractivity contribution in [3.05, 3.63) is 59.1 Å². The van der Waals surface area contributed by atoms with Gasteiger partial charge in [-0.2, -0.15) is 5.10 Å². The summed E-state index contributed by atoms with van der Waals surface area (Å²) >= 11 is 3.53. The van der Waals surface area contributed by atoms with E-state index in [1.54, 1.807) is 11.8 Å². The number of nitrogens with two attached hydrogens (primary N) is 1. The van der Waals surface area contributed by atoms with Gasteiger partial charge in [-0.15, -0.1) is 0 Å². The van der Waals surface area contributed by atoms with Gasteiger partial charge < -0.3 is 10.5 Å². The fraction of sp³-hybridized carbons (Fsp3) is 0.0625.